The highest BCUT2D eigenvalue weighted by Crippen LogP contribution is 2.33. The molecule has 0 aromatic heterocycles. The van der Waals surface area contributed by atoms with E-state index in [1.807, 2.05) is 0 Å². The lowest BCUT2D eigenvalue weighted by molar-refractivity contribution is -0.144. The predicted octanol–water partition coefficient (Wildman–Crippen LogP) is 4.33. The van der Waals surface area contributed by atoms with Gasteiger partial charge in [0, 0.05) is 12.6 Å². The molecule has 1 aliphatic rings. The zero-order chi connectivity index (χ0) is 16.1. The van der Waals surface area contributed by atoms with Gasteiger partial charge < -0.3 is 5.11 Å². The number of carbonyl (C=O) groups is 1. The Kier molecular flexibility index (Phi) is 6.01. The quantitative estimate of drug-likeness (QED) is 0.850. The number of benzene rings is 1. The Morgan fingerprint density at radius 3 is 2.86 bits per heavy atom. The molecule has 1 N–H and O–H groups in total. The van der Waals surface area contributed by atoms with Gasteiger partial charge in [-0.05, 0) is 50.8 Å². The normalized spacial score (nSPS) is 20.8. The second-order valence-electron chi connectivity index (χ2n) is 6.69. The number of hydrogen-bond acceptors (Lipinski definition) is 2. The van der Waals surface area contributed by atoms with Gasteiger partial charge in [0.15, 0.2) is 0 Å². The summed E-state index contributed by atoms with van der Waals surface area (Å²) in [6.45, 7) is 8.24. The van der Waals surface area contributed by atoms with E-state index in [1.165, 1.54) is 29.5 Å². The highest BCUT2D eigenvalue weighted by Gasteiger charge is 2.30. The Bertz CT molecular complexity index is 512. The molecule has 0 aliphatic carbocycles. The van der Waals surface area contributed by atoms with E-state index < -0.39 is 5.97 Å². The van der Waals surface area contributed by atoms with Gasteiger partial charge in [0.05, 0.1) is 5.92 Å². The number of unbranched alkanes of at least 4 members (excludes halogenated alkanes) is 1. The molecule has 0 amide bonds. The van der Waals surface area contributed by atoms with Crippen molar-refractivity contribution in [3.8, 4) is 0 Å². The maximum atomic E-state index is 11.4. The minimum atomic E-state index is -0.639. The fourth-order valence-corrected chi connectivity index (χ4v) is 3.54. The summed E-state index contributed by atoms with van der Waals surface area (Å²) in [5.41, 5.74) is 4.00. The predicted molar refractivity (Wildman–Crippen MR) is 90.1 cm³/mol. The Morgan fingerprint density at radius 1 is 1.41 bits per heavy atom. The standard InChI is InChI=1S/C19H29NO2/c1-4-5-8-18(17-12-14(2)9-10-15(17)3)20-11-6-7-16(13-20)19(21)22/h9-10,12,16,18H,4-8,11,13H2,1-3H3,(H,21,22). The second kappa shape index (κ2) is 7.77. The lowest BCUT2D eigenvalue weighted by Crippen LogP contribution is -2.41. The number of piperidine rings is 1. The molecular formula is C19H29NO2. The van der Waals surface area contributed by atoms with E-state index in [4.69, 9.17) is 0 Å². The van der Waals surface area contributed by atoms with Crippen LogP contribution in [0.25, 0.3) is 0 Å². The number of carboxylic acid groups (broad SMARTS) is 1. The molecule has 1 saturated heterocycles. The van der Waals surface area contributed by atoms with Crippen molar-refractivity contribution in [3.63, 3.8) is 0 Å². The van der Waals surface area contributed by atoms with Gasteiger partial charge in [0.1, 0.15) is 0 Å². The average Bonchev–Trinajstić information content (AvgIpc) is 2.51. The summed E-state index contributed by atoms with van der Waals surface area (Å²) < 4.78 is 0. The third kappa shape index (κ3) is 4.10. The Balaban J connectivity index is 2.25. The topological polar surface area (TPSA) is 40.5 Å². The molecule has 1 heterocycles. The van der Waals surface area contributed by atoms with Crippen LogP contribution in [-0.4, -0.2) is 29.1 Å². The molecule has 0 bridgehead atoms. The smallest absolute Gasteiger partial charge is 0.307 e. The lowest BCUT2D eigenvalue weighted by Gasteiger charge is -2.38. The molecule has 2 atom stereocenters. The van der Waals surface area contributed by atoms with Gasteiger partial charge in [-0.2, -0.15) is 0 Å². The molecule has 2 rings (SSSR count). The maximum Gasteiger partial charge on any atom is 0.307 e. The van der Waals surface area contributed by atoms with Gasteiger partial charge in [-0.25, -0.2) is 0 Å². The molecule has 3 heteroatoms. The van der Waals surface area contributed by atoms with Gasteiger partial charge in [0.2, 0.25) is 0 Å². The van der Waals surface area contributed by atoms with Crippen molar-refractivity contribution in [2.75, 3.05) is 13.1 Å². The number of rotatable bonds is 6. The van der Waals surface area contributed by atoms with Crippen molar-refractivity contribution >= 4 is 5.97 Å². The van der Waals surface area contributed by atoms with E-state index in [2.05, 4.69) is 43.9 Å². The van der Waals surface area contributed by atoms with Crippen molar-refractivity contribution < 1.29 is 9.90 Å². The van der Waals surface area contributed by atoms with Crippen LogP contribution in [0.1, 0.15) is 61.8 Å². The van der Waals surface area contributed by atoms with Crippen molar-refractivity contribution in [3.05, 3.63) is 34.9 Å². The largest absolute Gasteiger partial charge is 0.481 e. The Labute approximate surface area is 134 Å². The van der Waals surface area contributed by atoms with E-state index >= 15 is 0 Å². The summed E-state index contributed by atoms with van der Waals surface area (Å²) in [6, 6.07) is 7.01. The molecule has 0 radical (unpaired) electrons. The van der Waals surface area contributed by atoms with Crippen LogP contribution in [-0.2, 0) is 4.79 Å². The average molecular weight is 303 g/mol. The molecule has 1 aliphatic heterocycles. The van der Waals surface area contributed by atoms with Crippen LogP contribution < -0.4 is 0 Å². The van der Waals surface area contributed by atoms with E-state index in [0.717, 1.165) is 25.8 Å². The van der Waals surface area contributed by atoms with E-state index in [1.54, 1.807) is 0 Å². The Hall–Kier alpha value is -1.35. The number of aliphatic carboxylic acids is 1. The van der Waals surface area contributed by atoms with Crippen LogP contribution in [0.2, 0.25) is 0 Å². The first-order valence-corrected chi connectivity index (χ1v) is 8.57. The number of nitrogens with zero attached hydrogens (tertiary/aromatic N) is 1. The molecule has 3 nitrogen and oxygen atoms in total. The fourth-order valence-electron chi connectivity index (χ4n) is 3.54. The van der Waals surface area contributed by atoms with Gasteiger partial charge in [-0.15, -0.1) is 0 Å². The van der Waals surface area contributed by atoms with Gasteiger partial charge in [-0.3, -0.25) is 9.69 Å². The lowest BCUT2D eigenvalue weighted by atomic mass is 9.90. The molecular weight excluding hydrogens is 274 g/mol. The van der Waals surface area contributed by atoms with Crippen molar-refractivity contribution in [1.82, 2.24) is 4.90 Å². The first-order chi connectivity index (χ1) is 10.5. The molecule has 1 aromatic carbocycles. The minimum absolute atomic E-state index is 0.206. The van der Waals surface area contributed by atoms with E-state index in [-0.39, 0.29) is 5.92 Å². The monoisotopic (exact) mass is 303 g/mol. The molecule has 22 heavy (non-hydrogen) atoms. The first kappa shape index (κ1) is 17.0. The SMILES string of the molecule is CCCCC(c1cc(C)ccc1C)N1CCCC(C(=O)O)C1. The molecule has 122 valence electrons. The fraction of sp³-hybridized carbons (Fsp3) is 0.632. The van der Waals surface area contributed by atoms with Crippen molar-refractivity contribution in [2.45, 2.75) is 58.9 Å². The van der Waals surface area contributed by atoms with E-state index in [0.29, 0.717) is 12.6 Å². The summed E-state index contributed by atoms with van der Waals surface area (Å²) in [7, 11) is 0. The Morgan fingerprint density at radius 2 is 2.18 bits per heavy atom. The molecule has 0 spiro atoms. The van der Waals surface area contributed by atoms with Crippen LogP contribution in [0, 0.1) is 19.8 Å². The molecule has 2 unspecified atom stereocenters. The number of hydrogen-bond donors (Lipinski definition) is 1. The van der Waals surface area contributed by atoms with Gasteiger partial charge in [0.25, 0.3) is 0 Å². The van der Waals surface area contributed by atoms with Crippen molar-refractivity contribution in [1.29, 1.82) is 0 Å². The zero-order valence-corrected chi connectivity index (χ0v) is 14.1. The van der Waals surface area contributed by atoms with Crippen LogP contribution in [0.15, 0.2) is 18.2 Å². The minimum Gasteiger partial charge on any atom is -0.481 e. The summed E-state index contributed by atoms with van der Waals surface area (Å²) in [5, 5.41) is 9.36. The van der Waals surface area contributed by atoms with Crippen LogP contribution in [0.4, 0.5) is 0 Å². The summed E-state index contributed by atoms with van der Waals surface area (Å²) in [5.74, 6) is -0.845. The summed E-state index contributed by atoms with van der Waals surface area (Å²) in [6.07, 6.45) is 5.29. The van der Waals surface area contributed by atoms with Gasteiger partial charge >= 0.3 is 5.97 Å². The molecule has 0 saturated carbocycles. The molecule has 1 aromatic rings. The third-order valence-corrected chi connectivity index (χ3v) is 4.87. The van der Waals surface area contributed by atoms with Gasteiger partial charge in [-0.1, -0.05) is 43.5 Å². The summed E-state index contributed by atoms with van der Waals surface area (Å²) >= 11 is 0. The highest BCUT2D eigenvalue weighted by atomic mass is 16.4. The van der Waals surface area contributed by atoms with Crippen molar-refractivity contribution in [2.24, 2.45) is 5.92 Å². The highest BCUT2D eigenvalue weighted by molar-refractivity contribution is 5.70. The zero-order valence-electron chi connectivity index (χ0n) is 14.1. The number of aryl methyl sites for hydroxylation is 2. The van der Waals surface area contributed by atoms with E-state index in [9.17, 15) is 9.90 Å². The van der Waals surface area contributed by atoms with Crippen LogP contribution in [0.3, 0.4) is 0 Å². The number of likely N-dealkylation sites (tertiary alicyclic amines) is 1. The summed E-state index contributed by atoms with van der Waals surface area (Å²) in [4.78, 5) is 13.8. The number of carboxylic acids is 1. The van der Waals surface area contributed by atoms with Crippen LogP contribution in [0.5, 0.6) is 0 Å². The second-order valence-corrected chi connectivity index (χ2v) is 6.69. The molecule has 1 fully saturated rings. The van der Waals surface area contributed by atoms with Crippen LogP contribution >= 0.6 is 0 Å². The maximum absolute atomic E-state index is 11.4. The third-order valence-electron chi connectivity index (χ3n) is 4.87. The first-order valence-electron chi connectivity index (χ1n) is 8.57.